The van der Waals surface area contributed by atoms with Crippen molar-refractivity contribution in [3.05, 3.63) is 120 Å². The van der Waals surface area contributed by atoms with Gasteiger partial charge in [0.05, 0.1) is 23.0 Å². The molecule has 0 amide bonds. The lowest BCUT2D eigenvalue weighted by Gasteiger charge is -2.34. The molecule has 0 spiro atoms. The summed E-state index contributed by atoms with van der Waals surface area (Å²) in [5.74, 6) is 0.149. The molecule has 217 valence electrons. The molecule has 1 aliphatic carbocycles. The number of aromatic amines is 1. The van der Waals surface area contributed by atoms with Crippen LogP contribution in [0.4, 0.5) is 17.2 Å². The first-order valence-corrected chi connectivity index (χ1v) is 16.2. The number of Topliss-reactive ketones (excluding diaryl/α,β-unsaturated/α-hetero) is 1. The molecule has 1 radical (unpaired) electrons. The number of aliphatic hydroxyl groups excluding tert-OH is 1. The normalized spacial score (nSPS) is 15.7. The number of hydrogen-bond acceptors (Lipinski definition) is 5. The number of aromatic nitrogens is 2. The van der Waals surface area contributed by atoms with E-state index in [-0.39, 0.29) is 23.2 Å². The molecular formula is C36H37N4O2Si. The Kier molecular flexibility index (Phi) is 7.77. The summed E-state index contributed by atoms with van der Waals surface area (Å²) < 4.78 is 0. The van der Waals surface area contributed by atoms with Gasteiger partial charge >= 0.3 is 0 Å². The summed E-state index contributed by atoms with van der Waals surface area (Å²) in [5.41, 5.74) is 11.7. The summed E-state index contributed by atoms with van der Waals surface area (Å²) in [7, 11) is -1.26. The lowest BCUT2D eigenvalue weighted by Crippen LogP contribution is -2.51. The van der Waals surface area contributed by atoms with Crippen molar-refractivity contribution in [2.75, 3.05) is 11.1 Å². The van der Waals surface area contributed by atoms with Crippen molar-refractivity contribution in [1.82, 2.24) is 9.97 Å². The van der Waals surface area contributed by atoms with Crippen LogP contribution < -0.4 is 21.4 Å². The molecule has 0 aliphatic heterocycles. The summed E-state index contributed by atoms with van der Waals surface area (Å²) in [5, 5.41) is 18.0. The van der Waals surface area contributed by atoms with Crippen LogP contribution in [0.15, 0.2) is 103 Å². The van der Waals surface area contributed by atoms with Gasteiger partial charge in [0.15, 0.2) is 5.78 Å². The van der Waals surface area contributed by atoms with Crippen LogP contribution in [-0.2, 0) is 6.42 Å². The first kappa shape index (κ1) is 28.6. The number of pyridine rings is 1. The predicted molar refractivity (Wildman–Crippen MR) is 177 cm³/mol. The van der Waals surface area contributed by atoms with E-state index in [2.05, 4.69) is 72.5 Å². The molecule has 43 heavy (non-hydrogen) atoms. The maximum Gasteiger partial charge on any atom is 0.167 e. The van der Waals surface area contributed by atoms with Crippen LogP contribution in [0.25, 0.3) is 11.3 Å². The Morgan fingerprint density at radius 3 is 2.33 bits per heavy atom. The van der Waals surface area contributed by atoms with Gasteiger partial charge in [0.1, 0.15) is 14.6 Å². The zero-order chi connectivity index (χ0) is 30.1. The number of nitrogen functional groups attached to an aromatic ring is 1. The van der Waals surface area contributed by atoms with Crippen LogP contribution in [-0.4, -0.2) is 29.7 Å². The number of nitrogens with two attached hydrogens (primary N) is 1. The van der Waals surface area contributed by atoms with E-state index in [1.807, 2.05) is 54.6 Å². The second-order valence-corrected chi connectivity index (χ2v) is 15.7. The van der Waals surface area contributed by atoms with Crippen molar-refractivity contribution in [3.8, 4) is 11.3 Å². The summed E-state index contributed by atoms with van der Waals surface area (Å²) in [6.07, 6.45) is 1.69. The Balaban J connectivity index is 1.39. The van der Waals surface area contributed by atoms with Crippen LogP contribution in [0.5, 0.6) is 0 Å². The standard InChI is InChI=1S/C36H37N4O2Si/c1-36(2,3)43(26-14-8-5-9-15-26)30-17-11-10-16-27(30)35(42)24-20-28-32(29(41)21-24)34(39-25-12-6-4-7-13-25)33(40-28)23-18-19-38-31(37)22-23/h4-19,22,24,35,39-40,42H,20-21H2,1-3H3,(H2,37,38). The SMILES string of the molecule is CC(C)(C)[Si](c1ccccc1)c1ccccc1C(O)C1CC(=O)c2c([nH]c(-c3ccnc(N)c3)c2Nc2ccccc2)C1. The second kappa shape index (κ2) is 11.7. The number of para-hydroxylation sites is 1. The van der Waals surface area contributed by atoms with Crippen LogP contribution >= 0.6 is 0 Å². The molecule has 2 unspecified atom stereocenters. The molecule has 2 atom stereocenters. The van der Waals surface area contributed by atoms with Gasteiger partial charge in [-0.25, -0.2) is 4.98 Å². The van der Waals surface area contributed by atoms with Gasteiger partial charge in [-0.3, -0.25) is 4.79 Å². The monoisotopic (exact) mass is 585 g/mol. The van der Waals surface area contributed by atoms with Gasteiger partial charge in [-0.1, -0.05) is 98.8 Å². The largest absolute Gasteiger partial charge is 0.388 e. The lowest BCUT2D eigenvalue weighted by atomic mass is 9.81. The quantitative estimate of drug-likeness (QED) is 0.168. The van der Waals surface area contributed by atoms with E-state index in [1.165, 1.54) is 10.4 Å². The molecule has 1 aliphatic rings. The third-order valence-electron chi connectivity index (χ3n) is 8.19. The molecule has 0 saturated heterocycles. The van der Waals surface area contributed by atoms with E-state index in [0.29, 0.717) is 17.8 Å². The van der Waals surface area contributed by atoms with Crippen molar-refractivity contribution >= 4 is 42.1 Å². The first-order valence-electron chi connectivity index (χ1n) is 14.7. The highest BCUT2D eigenvalue weighted by molar-refractivity contribution is 6.87. The fourth-order valence-corrected chi connectivity index (χ4v) is 9.65. The van der Waals surface area contributed by atoms with Crippen molar-refractivity contribution in [2.24, 2.45) is 5.92 Å². The van der Waals surface area contributed by atoms with Gasteiger partial charge in [-0.05, 0) is 46.5 Å². The topological polar surface area (TPSA) is 104 Å². The highest BCUT2D eigenvalue weighted by atomic mass is 28.3. The van der Waals surface area contributed by atoms with E-state index in [1.54, 1.807) is 12.3 Å². The Hall–Kier alpha value is -4.46. The fourth-order valence-electron chi connectivity index (χ4n) is 6.36. The molecule has 5 N–H and O–H groups in total. The Morgan fingerprint density at radius 2 is 1.63 bits per heavy atom. The van der Waals surface area contributed by atoms with E-state index < -0.39 is 14.9 Å². The minimum atomic E-state index is -1.26. The van der Waals surface area contributed by atoms with Gasteiger partial charge in [0, 0.05) is 35.5 Å². The van der Waals surface area contributed by atoms with Crippen LogP contribution in [0.2, 0.25) is 5.04 Å². The molecule has 7 heteroatoms. The molecular weight excluding hydrogens is 549 g/mol. The van der Waals surface area contributed by atoms with Crippen LogP contribution in [0.1, 0.15) is 54.9 Å². The predicted octanol–water partition coefficient (Wildman–Crippen LogP) is 6.29. The average molecular weight is 586 g/mol. The molecule has 0 fully saturated rings. The van der Waals surface area contributed by atoms with Gasteiger partial charge < -0.3 is 21.1 Å². The first-order chi connectivity index (χ1) is 20.7. The smallest absolute Gasteiger partial charge is 0.167 e. The summed E-state index contributed by atoms with van der Waals surface area (Å²) >= 11 is 0. The highest BCUT2D eigenvalue weighted by Gasteiger charge is 2.38. The molecule has 3 aromatic carbocycles. The summed E-state index contributed by atoms with van der Waals surface area (Å²) in [6.45, 7) is 6.84. The van der Waals surface area contributed by atoms with Crippen LogP contribution in [0.3, 0.4) is 0 Å². The minimum absolute atomic E-state index is 0.00940. The van der Waals surface area contributed by atoms with Gasteiger partial charge in [0.25, 0.3) is 0 Å². The number of carbonyl (C=O) groups is 1. The van der Waals surface area contributed by atoms with Gasteiger partial charge in [-0.15, -0.1) is 0 Å². The fraction of sp³-hybridized carbons (Fsp3) is 0.222. The molecule has 6 rings (SSSR count). The number of fused-ring (bicyclic) bond motifs is 1. The number of nitrogens with one attached hydrogen (secondary N) is 2. The number of rotatable bonds is 7. The van der Waals surface area contributed by atoms with E-state index in [0.717, 1.165) is 33.9 Å². The Bertz CT molecular complexity index is 1740. The maximum atomic E-state index is 14.0. The van der Waals surface area contributed by atoms with Gasteiger partial charge in [-0.2, -0.15) is 0 Å². The number of H-pyrrole nitrogens is 1. The summed E-state index contributed by atoms with van der Waals surface area (Å²) in [4.78, 5) is 21.7. The molecule has 2 aromatic heterocycles. The minimum Gasteiger partial charge on any atom is -0.388 e. The molecule has 6 nitrogen and oxygen atoms in total. The molecule has 2 heterocycles. The maximum absolute atomic E-state index is 14.0. The van der Waals surface area contributed by atoms with Crippen molar-refractivity contribution in [1.29, 1.82) is 0 Å². The number of carbonyl (C=O) groups excluding carboxylic acids is 1. The summed E-state index contributed by atoms with van der Waals surface area (Å²) in [6, 6.07) is 32.4. The average Bonchev–Trinajstić information content (AvgIpc) is 3.36. The zero-order valence-corrected chi connectivity index (χ0v) is 25.8. The zero-order valence-electron chi connectivity index (χ0n) is 24.8. The third-order valence-corrected chi connectivity index (χ3v) is 11.6. The number of hydrogen-bond donors (Lipinski definition) is 4. The van der Waals surface area contributed by atoms with Crippen molar-refractivity contribution < 1.29 is 9.90 Å². The van der Waals surface area contributed by atoms with E-state index in [9.17, 15) is 9.90 Å². The van der Waals surface area contributed by atoms with Crippen molar-refractivity contribution in [2.45, 2.75) is 44.8 Å². The van der Waals surface area contributed by atoms with E-state index in [4.69, 9.17) is 5.73 Å². The Labute approximate surface area is 254 Å². The lowest BCUT2D eigenvalue weighted by molar-refractivity contribution is 0.0758. The van der Waals surface area contributed by atoms with E-state index >= 15 is 0 Å². The molecule has 5 aromatic rings. The number of aliphatic hydroxyl groups is 1. The van der Waals surface area contributed by atoms with Crippen molar-refractivity contribution in [3.63, 3.8) is 0 Å². The number of nitrogens with zero attached hydrogens (tertiary/aromatic N) is 1. The molecule has 0 saturated carbocycles. The number of anilines is 3. The third kappa shape index (κ3) is 5.78. The second-order valence-electron chi connectivity index (χ2n) is 12.3. The Morgan fingerprint density at radius 1 is 0.953 bits per heavy atom. The molecule has 0 bridgehead atoms. The van der Waals surface area contributed by atoms with Gasteiger partial charge in [0.2, 0.25) is 0 Å². The highest BCUT2D eigenvalue weighted by Crippen LogP contribution is 2.43. The van der Waals surface area contributed by atoms with Crippen LogP contribution in [0, 0.1) is 5.92 Å². The number of ketones is 1. The number of benzene rings is 3.